The first-order valence-electron chi connectivity index (χ1n) is 15.5. The Morgan fingerprint density at radius 2 is 1.12 bits per heavy atom. The van der Waals surface area contributed by atoms with Crippen molar-refractivity contribution in [3.63, 3.8) is 0 Å². The summed E-state index contributed by atoms with van der Waals surface area (Å²) in [4.78, 5) is 32.8. The maximum atomic E-state index is 12.8. The number of nitrogens with zero attached hydrogens (tertiary/aromatic N) is 4. The van der Waals surface area contributed by atoms with Crippen molar-refractivity contribution >= 4 is 11.9 Å². The van der Waals surface area contributed by atoms with Gasteiger partial charge in [0.1, 0.15) is 12.2 Å². The molecule has 0 aromatic rings. The summed E-state index contributed by atoms with van der Waals surface area (Å²) in [6, 6.07) is 0. The molecule has 1 fully saturated rings. The molecule has 1 unspecified atom stereocenters. The van der Waals surface area contributed by atoms with Crippen molar-refractivity contribution in [3.05, 3.63) is 0 Å². The Hall–Kier alpha value is -1.34. The molecule has 0 amide bonds. The number of carbonyl (C=O) groups is 2. The molecule has 0 aromatic carbocycles. The van der Waals surface area contributed by atoms with Crippen molar-refractivity contribution in [2.24, 2.45) is 10.8 Å². The van der Waals surface area contributed by atoms with Gasteiger partial charge in [-0.25, -0.2) is 4.79 Å². The molecule has 0 saturated carbocycles. The monoisotopic (exact) mass is 602 g/mol. The molecule has 42 heavy (non-hydrogen) atoms. The second kappa shape index (κ2) is 18.5. The summed E-state index contributed by atoms with van der Waals surface area (Å²) >= 11 is 0. The van der Waals surface area contributed by atoms with Crippen LogP contribution in [-0.2, 0) is 23.8 Å². The normalized spacial score (nSPS) is 19.2. The zero-order valence-corrected chi connectivity index (χ0v) is 28.1. The van der Waals surface area contributed by atoms with Gasteiger partial charge in [-0.1, -0.05) is 41.5 Å². The molecular formula is C31H62N4O7. The van der Waals surface area contributed by atoms with Gasteiger partial charge in [0, 0.05) is 72.0 Å². The van der Waals surface area contributed by atoms with Gasteiger partial charge in [0.2, 0.25) is 0 Å². The highest BCUT2D eigenvalue weighted by Crippen LogP contribution is 2.18. The van der Waals surface area contributed by atoms with E-state index in [9.17, 15) is 14.7 Å². The number of esters is 1. The Morgan fingerprint density at radius 1 is 0.690 bits per heavy atom. The summed E-state index contributed by atoms with van der Waals surface area (Å²) in [7, 11) is 0. The van der Waals surface area contributed by atoms with E-state index in [1.807, 2.05) is 20.8 Å². The number of β-amino-alcohol motifs (C(OH)–C–C–N with tert-alkyl or cyclic N) is 1. The predicted octanol–water partition coefficient (Wildman–Crippen LogP) is 2.12. The minimum Gasteiger partial charge on any atom is -0.480 e. The van der Waals surface area contributed by atoms with Gasteiger partial charge in [-0.05, 0) is 31.6 Å². The van der Waals surface area contributed by atoms with Gasteiger partial charge < -0.3 is 34.2 Å². The molecule has 0 radical (unpaired) electrons. The van der Waals surface area contributed by atoms with E-state index in [-0.39, 0.29) is 49.8 Å². The van der Waals surface area contributed by atoms with Gasteiger partial charge in [-0.15, -0.1) is 0 Å². The lowest BCUT2D eigenvalue weighted by molar-refractivity contribution is -0.156. The van der Waals surface area contributed by atoms with E-state index in [0.29, 0.717) is 19.6 Å². The van der Waals surface area contributed by atoms with Crippen LogP contribution in [0.2, 0.25) is 0 Å². The highest BCUT2D eigenvalue weighted by Gasteiger charge is 2.25. The molecule has 11 nitrogen and oxygen atoms in total. The fourth-order valence-electron chi connectivity index (χ4n) is 4.98. The lowest BCUT2D eigenvalue weighted by Gasteiger charge is -2.38. The van der Waals surface area contributed by atoms with Crippen LogP contribution in [0.25, 0.3) is 0 Å². The fourth-order valence-corrected chi connectivity index (χ4v) is 4.98. The van der Waals surface area contributed by atoms with Gasteiger partial charge >= 0.3 is 11.9 Å². The maximum Gasteiger partial charge on any atom is 0.329 e. The zero-order valence-electron chi connectivity index (χ0n) is 28.1. The fraction of sp³-hybridized carbons (Fsp3) is 0.935. The number of aliphatic carboxylic acids is 1. The lowest BCUT2D eigenvalue weighted by atomic mass is 9.95. The Kier molecular flexibility index (Phi) is 17.0. The second-order valence-corrected chi connectivity index (χ2v) is 15.0. The van der Waals surface area contributed by atoms with Crippen LogP contribution in [0, 0.1) is 10.8 Å². The first-order valence-corrected chi connectivity index (χ1v) is 15.5. The average Bonchev–Trinajstić information content (AvgIpc) is 2.79. The van der Waals surface area contributed by atoms with Gasteiger partial charge in [0.05, 0.1) is 32.5 Å². The largest absolute Gasteiger partial charge is 0.480 e. The topological polar surface area (TPSA) is 115 Å². The third-order valence-corrected chi connectivity index (χ3v) is 6.48. The number of aliphatic hydroxyl groups is 1. The first kappa shape index (κ1) is 38.7. The number of hydrogen-bond donors (Lipinski definition) is 2. The van der Waals surface area contributed by atoms with E-state index >= 15 is 0 Å². The molecule has 0 spiro atoms. The molecular weight excluding hydrogens is 540 g/mol. The number of ether oxygens (including phenoxy) is 3. The van der Waals surface area contributed by atoms with Crippen molar-refractivity contribution in [2.45, 2.75) is 74.0 Å². The number of carboxylic acids is 1. The smallest absolute Gasteiger partial charge is 0.329 e. The highest BCUT2D eigenvalue weighted by atomic mass is 16.6. The predicted molar refractivity (Wildman–Crippen MR) is 166 cm³/mol. The molecule has 1 saturated heterocycles. The third-order valence-electron chi connectivity index (χ3n) is 6.48. The Balaban J connectivity index is 2.97. The van der Waals surface area contributed by atoms with Crippen LogP contribution in [0.3, 0.4) is 0 Å². The molecule has 2 N–H and O–H groups in total. The Bertz CT molecular complexity index is 777. The van der Waals surface area contributed by atoms with E-state index in [1.54, 1.807) is 0 Å². The molecule has 11 heteroatoms. The molecule has 1 heterocycles. The highest BCUT2D eigenvalue weighted by molar-refractivity contribution is 5.72. The SMILES string of the molecule is CC(C)(C)CN1CCN(CC(=O)OC(C)(C)C)CCN(CC(O)COCCOCC(=O)O)CCN(CC(C)(C)C)CC1. The van der Waals surface area contributed by atoms with Crippen LogP contribution in [0.5, 0.6) is 0 Å². The van der Waals surface area contributed by atoms with Crippen molar-refractivity contribution in [3.8, 4) is 0 Å². The number of aliphatic hydroxyl groups excluding tert-OH is 1. The van der Waals surface area contributed by atoms with Crippen molar-refractivity contribution in [1.82, 2.24) is 19.6 Å². The minimum atomic E-state index is -1.02. The van der Waals surface area contributed by atoms with E-state index in [1.165, 1.54) is 0 Å². The number of carbonyl (C=O) groups excluding carboxylic acids is 1. The molecule has 0 bridgehead atoms. The number of hydrogen-bond acceptors (Lipinski definition) is 10. The van der Waals surface area contributed by atoms with Crippen molar-refractivity contribution in [1.29, 1.82) is 0 Å². The summed E-state index contributed by atoms with van der Waals surface area (Å²) in [6.07, 6.45) is -0.699. The molecule has 0 aromatic heterocycles. The van der Waals surface area contributed by atoms with Gasteiger partial charge in [0.15, 0.2) is 0 Å². The van der Waals surface area contributed by atoms with Crippen molar-refractivity contribution in [2.75, 3.05) is 105 Å². The van der Waals surface area contributed by atoms with Gasteiger partial charge in [-0.2, -0.15) is 0 Å². The van der Waals surface area contributed by atoms with E-state index in [0.717, 1.165) is 52.4 Å². The lowest BCUT2D eigenvalue weighted by Crippen LogP contribution is -2.50. The second-order valence-electron chi connectivity index (χ2n) is 15.0. The summed E-state index contributed by atoms with van der Waals surface area (Å²) in [5.41, 5.74) is -0.205. The maximum absolute atomic E-state index is 12.8. The summed E-state index contributed by atoms with van der Waals surface area (Å²) < 4.78 is 16.2. The van der Waals surface area contributed by atoms with Crippen LogP contribution in [0.15, 0.2) is 0 Å². The van der Waals surface area contributed by atoms with Crippen LogP contribution in [0.4, 0.5) is 0 Å². The molecule has 1 rings (SSSR count). The van der Waals surface area contributed by atoms with Crippen molar-refractivity contribution < 1.29 is 34.0 Å². The molecule has 1 aliphatic heterocycles. The van der Waals surface area contributed by atoms with E-state index in [2.05, 4.69) is 61.1 Å². The van der Waals surface area contributed by atoms with Crippen LogP contribution in [0.1, 0.15) is 62.3 Å². The molecule has 248 valence electrons. The first-order chi connectivity index (χ1) is 19.3. The Labute approximate surface area is 255 Å². The number of rotatable bonds is 13. The third kappa shape index (κ3) is 21.4. The Morgan fingerprint density at radius 3 is 1.55 bits per heavy atom. The summed E-state index contributed by atoms with van der Waals surface area (Å²) in [5.74, 6) is -1.24. The quantitative estimate of drug-likeness (QED) is 0.239. The summed E-state index contributed by atoms with van der Waals surface area (Å²) in [6.45, 7) is 28.6. The molecule has 1 aliphatic rings. The summed E-state index contributed by atoms with van der Waals surface area (Å²) in [5, 5.41) is 19.4. The standard InChI is InChI=1S/C31H62N4O7/c1-29(2,3)24-34-14-12-32(20-26(36)22-40-18-19-41-23-27(37)38)10-11-33(21-28(39)42-31(7,8)9)13-15-35(17-16-34)25-30(4,5)6/h26,36H,10-25H2,1-9H3,(H,37,38). The van der Waals surface area contributed by atoms with Gasteiger partial charge in [0.25, 0.3) is 0 Å². The minimum absolute atomic E-state index is 0.141. The molecule has 1 atom stereocenters. The molecule has 0 aliphatic carbocycles. The van der Waals surface area contributed by atoms with Crippen LogP contribution < -0.4 is 0 Å². The van der Waals surface area contributed by atoms with E-state index < -0.39 is 17.7 Å². The average molecular weight is 603 g/mol. The van der Waals surface area contributed by atoms with E-state index in [4.69, 9.17) is 19.3 Å². The number of carboxylic acid groups (broad SMARTS) is 1. The van der Waals surface area contributed by atoms with Gasteiger partial charge in [-0.3, -0.25) is 14.6 Å². The van der Waals surface area contributed by atoms with Crippen LogP contribution >= 0.6 is 0 Å². The van der Waals surface area contributed by atoms with Crippen LogP contribution in [-0.4, -0.2) is 158 Å². The zero-order chi connectivity index (χ0) is 32.0.